The average Bonchev–Trinajstić information content (AvgIpc) is 2.97. The fourth-order valence-electron chi connectivity index (χ4n) is 4.05. The summed E-state index contributed by atoms with van der Waals surface area (Å²) >= 11 is 0. The molecule has 2 aliphatic rings. The lowest BCUT2D eigenvalue weighted by atomic mass is 9.85. The maximum atomic E-state index is 12.3. The van der Waals surface area contributed by atoms with Gasteiger partial charge in [0.1, 0.15) is 11.9 Å². The lowest BCUT2D eigenvalue weighted by molar-refractivity contribution is 0.0260. The van der Waals surface area contributed by atoms with Crippen molar-refractivity contribution < 1.29 is 14.3 Å². The molecule has 1 heterocycles. The Morgan fingerprint density at radius 3 is 2.15 bits per heavy atom. The van der Waals surface area contributed by atoms with Gasteiger partial charge in [0.25, 0.3) is 0 Å². The number of aldehydes is 1. The van der Waals surface area contributed by atoms with Crippen molar-refractivity contribution in [3.63, 3.8) is 0 Å². The van der Waals surface area contributed by atoms with E-state index in [1.165, 1.54) is 6.42 Å². The Balaban J connectivity index is 1.44. The number of hydrogen-bond donors (Lipinski definition) is 0. The highest BCUT2D eigenvalue weighted by atomic mass is 16.6. The summed E-state index contributed by atoms with van der Waals surface area (Å²) in [5.74, 6) is 0. The topological polar surface area (TPSA) is 46.6 Å². The Morgan fingerprint density at radius 1 is 0.923 bits per heavy atom. The van der Waals surface area contributed by atoms with E-state index in [9.17, 15) is 9.59 Å². The van der Waals surface area contributed by atoms with Gasteiger partial charge in [-0.2, -0.15) is 0 Å². The summed E-state index contributed by atoms with van der Waals surface area (Å²) in [5.41, 5.74) is 3.70. The van der Waals surface area contributed by atoms with Crippen LogP contribution in [0.2, 0.25) is 0 Å². The zero-order chi connectivity index (χ0) is 18.0. The first-order valence-corrected chi connectivity index (χ1v) is 9.30. The molecule has 4 rings (SSSR count). The van der Waals surface area contributed by atoms with Crippen molar-refractivity contribution in [2.75, 3.05) is 6.54 Å². The smallest absolute Gasteiger partial charge is 0.410 e. The number of carbonyl (C=O) groups is 2. The summed E-state index contributed by atoms with van der Waals surface area (Å²) in [6.45, 7) is 1.30. The second-order valence-corrected chi connectivity index (χ2v) is 7.40. The first-order chi connectivity index (χ1) is 12.7. The Labute approximate surface area is 153 Å². The minimum atomic E-state index is -0.240. The molecule has 0 N–H and O–H groups in total. The fraction of sp³-hybridized carbons (Fsp3) is 0.364. The van der Waals surface area contributed by atoms with Crippen molar-refractivity contribution in [2.45, 2.75) is 44.2 Å². The molecule has 1 amide bonds. The van der Waals surface area contributed by atoms with E-state index in [0.29, 0.717) is 18.7 Å². The van der Waals surface area contributed by atoms with E-state index in [0.717, 1.165) is 48.7 Å². The second kappa shape index (κ2) is 6.94. The number of carbonyl (C=O) groups excluding carboxylic acids is 2. The molecule has 4 nitrogen and oxygen atoms in total. The van der Waals surface area contributed by atoms with E-state index in [1.807, 2.05) is 29.2 Å². The van der Waals surface area contributed by atoms with Gasteiger partial charge < -0.3 is 4.74 Å². The third-order valence-corrected chi connectivity index (χ3v) is 5.51. The minimum Gasteiger partial charge on any atom is -0.441 e. The molecule has 1 saturated carbocycles. The number of hydrogen-bond acceptors (Lipinski definition) is 3. The molecule has 2 fully saturated rings. The van der Waals surface area contributed by atoms with Gasteiger partial charge in [0.15, 0.2) is 0 Å². The highest BCUT2D eigenvalue weighted by Crippen LogP contribution is 2.37. The van der Waals surface area contributed by atoms with E-state index >= 15 is 0 Å². The highest BCUT2D eigenvalue weighted by Gasteiger charge is 2.45. The molecular formula is C22H23NO3. The van der Waals surface area contributed by atoms with Crippen molar-refractivity contribution in [1.82, 2.24) is 4.90 Å². The summed E-state index contributed by atoms with van der Waals surface area (Å²) in [4.78, 5) is 24.9. The molecule has 0 aromatic heterocycles. The third-order valence-electron chi connectivity index (χ3n) is 5.51. The van der Waals surface area contributed by atoms with Gasteiger partial charge in [0.05, 0.1) is 6.54 Å². The molecule has 1 aliphatic heterocycles. The SMILES string of the molecule is O=Cc1ccc(-c2ccc(CN3CC4(CCCCC4)OC3=O)cc2)cc1. The molecule has 4 heteroatoms. The zero-order valence-corrected chi connectivity index (χ0v) is 14.8. The van der Waals surface area contributed by atoms with Gasteiger partial charge in [-0.1, -0.05) is 55.0 Å². The molecule has 0 bridgehead atoms. The summed E-state index contributed by atoms with van der Waals surface area (Å²) < 4.78 is 5.75. The normalized spacial score (nSPS) is 18.8. The zero-order valence-electron chi connectivity index (χ0n) is 14.8. The Kier molecular flexibility index (Phi) is 4.49. The van der Waals surface area contributed by atoms with Gasteiger partial charge in [-0.15, -0.1) is 0 Å². The number of amides is 1. The Hall–Kier alpha value is -2.62. The Morgan fingerprint density at radius 2 is 1.54 bits per heavy atom. The maximum absolute atomic E-state index is 12.3. The van der Waals surface area contributed by atoms with Crippen LogP contribution in [0.3, 0.4) is 0 Å². The molecule has 1 saturated heterocycles. The monoisotopic (exact) mass is 349 g/mol. The van der Waals surface area contributed by atoms with Gasteiger partial charge in [-0.25, -0.2) is 4.79 Å². The maximum Gasteiger partial charge on any atom is 0.410 e. The lowest BCUT2D eigenvalue weighted by Crippen LogP contribution is -2.36. The molecule has 134 valence electrons. The Bertz CT molecular complexity index is 789. The second-order valence-electron chi connectivity index (χ2n) is 7.40. The van der Waals surface area contributed by atoms with Crippen LogP contribution < -0.4 is 0 Å². The first kappa shape index (κ1) is 16.8. The van der Waals surface area contributed by atoms with Crippen LogP contribution in [0.25, 0.3) is 11.1 Å². The van der Waals surface area contributed by atoms with Crippen LogP contribution in [0.15, 0.2) is 48.5 Å². The van der Waals surface area contributed by atoms with E-state index in [2.05, 4.69) is 24.3 Å². The molecule has 0 unspecified atom stereocenters. The van der Waals surface area contributed by atoms with Crippen molar-refractivity contribution >= 4 is 12.4 Å². The lowest BCUT2D eigenvalue weighted by Gasteiger charge is -2.30. The molecule has 2 aromatic carbocycles. The number of nitrogens with zero attached hydrogens (tertiary/aromatic N) is 1. The van der Waals surface area contributed by atoms with Crippen LogP contribution in [-0.4, -0.2) is 29.4 Å². The van der Waals surface area contributed by atoms with Crippen LogP contribution in [0.1, 0.15) is 48.0 Å². The van der Waals surface area contributed by atoms with E-state index < -0.39 is 0 Å². The molecule has 26 heavy (non-hydrogen) atoms. The standard InChI is InChI=1S/C22H23NO3/c24-15-18-6-10-20(11-7-18)19-8-4-17(5-9-19)14-23-16-22(26-21(23)25)12-2-1-3-13-22/h4-11,15H,1-3,12-14,16H2. The van der Waals surface area contributed by atoms with E-state index in [-0.39, 0.29) is 11.7 Å². The fourth-order valence-corrected chi connectivity index (χ4v) is 4.05. The van der Waals surface area contributed by atoms with Crippen molar-refractivity contribution in [1.29, 1.82) is 0 Å². The van der Waals surface area contributed by atoms with Gasteiger partial charge in [-0.05, 0) is 42.4 Å². The third kappa shape index (κ3) is 3.36. The minimum absolute atomic E-state index is 0.180. The predicted molar refractivity (Wildman–Crippen MR) is 100.0 cm³/mol. The molecular weight excluding hydrogens is 326 g/mol. The molecule has 1 aliphatic carbocycles. The summed E-state index contributed by atoms with van der Waals surface area (Å²) in [5, 5.41) is 0. The molecule has 2 aromatic rings. The largest absolute Gasteiger partial charge is 0.441 e. The summed E-state index contributed by atoms with van der Waals surface area (Å²) in [6, 6.07) is 15.8. The number of benzene rings is 2. The molecule has 0 radical (unpaired) electrons. The van der Waals surface area contributed by atoms with Gasteiger partial charge in [0.2, 0.25) is 0 Å². The first-order valence-electron chi connectivity index (χ1n) is 9.30. The van der Waals surface area contributed by atoms with Crippen LogP contribution in [0.5, 0.6) is 0 Å². The molecule has 1 spiro atoms. The van der Waals surface area contributed by atoms with E-state index in [4.69, 9.17) is 4.74 Å². The average molecular weight is 349 g/mol. The van der Waals surface area contributed by atoms with Crippen LogP contribution in [-0.2, 0) is 11.3 Å². The summed E-state index contributed by atoms with van der Waals surface area (Å²) in [6.07, 6.45) is 6.20. The van der Waals surface area contributed by atoms with Gasteiger partial charge in [0, 0.05) is 12.1 Å². The van der Waals surface area contributed by atoms with E-state index in [1.54, 1.807) is 0 Å². The van der Waals surface area contributed by atoms with Crippen LogP contribution in [0, 0.1) is 0 Å². The van der Waals surface area contributed by atoms with Crippen molar-refractivity contribution in [3.8, 4) is 11.1 Å². The van der Waals surface area contributed by atoms with Crippen LogP contribution in [0.4, 0.5) is 4.79 Å². The van der Waals surface area contributed by atoms with Crippen molar-refractivity contribution in [2.24, 2.45) is 0 Å². The van der Waals surface area contributed by atoms with Crippen LogP contribution >= 0.6 is 0 Å². The van der Waals surface area contributed by atoms with Crippen molar-refractivity contribution in [3.05, 3.63) is 59.7 Å². The van der Waals surface area contributed by atoms with Gasteiger partial charge >= 0.3 is 6.09 Å². The predicted octanol–water partition coefficient (Wildman–Crippen LogP) is 4.82. The summed E-state index contributed by atoms with van der Waals surface area (Å²) in [7, 11) is 0. The number of ether oxygens (including phenoxy) is 1. The quantitative estimate of drug-likeness (QED) is 0.743. The highest BCUT2D eigenvalue weighted by molar-refractivity contribution is 5.77. The number of rotatable bonds is 4. The van der Waals surface area contributed by atoms with Gasteiger partial charge in [-0.3, -0.25) is 9.69 Å². The molecule has 0 atom stereocenters.